The Morgan fingerprint density at radius 2 is 2.10 bits per heavy atom. The standard InChI is InChI=1S/C16H19N3OS/c20-15(11-21-13-6-9-17-10-7-13)19-14-5-1-3-12-4-2-8-18-16(12)14/h1-5,8,13,17H,6-7,9-11H2,(H,19,20). The van der Waals surface area contributed by atoms with Gasteiger partial charge in [-0.15, -0.1) is 11.8 Å². The quantitative estimate of drug-likeness (QED) is 0.911. The summed E-state index contributed by atoms with van der Waals surface area (Å²) in [7, 11) is 0. The fourth-order valence-electron chi connectivity index (χ4n) is 2.55. The first kappa shape index (κ1) is 14.4. The van der Waals surface area contributed by atoms with E-state index < -0.39 is 0 Å². The highest BCUT2D eigenvalue weighted by Crippen LogP contribution is 2.23. The number of carbonyl (C=O) groups excluding carboxylic acids is 1. The van der Waals surface area contributed by atoms with E-state index in [0.717, 1.165) is 42.5 Å². The van der Waals surface area contributed by atoms with Crippen LogP contribution in [0.4, 0.5) is 5.69 Å². The van der Waals surface area contributed by atoms with E-state index in [1.165, 1.54) is 0 Å². The zero-order valence-electron chi connectivity index (χ0n) is 11.8. The number of thioether (sulfide) groups is 1. The molecule has 4 nitrogen and oxygen atoms in total. The van der Waals surface area contributed by atoms with Crippen LogP contribution in [0.15, 0.2) is 36.5 Å². The molecule has 2 N–H and O–H groups in total. The lowest BCUT2D eigenvalue weighted by atomic mass is 10.2. The Kier molecular flexibility index (Phi) is 4.72. The van der Waals surface area contributed by atoms with E-state index in [0.29, 0.717) is 11.0 Å². The number of hydrogen-bond donors (Lipinski definition) is 2. The monoisotopic (exact) mass is 301 g/mol. The van der Waals surface area contributed by atoms with Crippen LogP contribution in [-0.2, 0) is 4.79 Å². The van der Waals surface area contributed by atoms with Gasteiger partial charge >= 0.3 is 0 Å². The van der Waals surface area contributed by atoms with E-state index >= 15 is 0 Å². The van der Waals surface area contributed by atoms with E-state index in [1.807, 2.05) is 30.3 Å². The molecule has 0 bridgehead atoms. The van der Waals surface area contributed by atoms with Crippen LogP contribution in [0.5, 0.6) is 0 Å². The molecule has 1 aromatic heterocycles. The van der Waals surface area contributed by atoms with Crippen molar-refractivity contribution >= 4 is 34.3 Å². The number of piperidine rings is 1. The molecule has 0 unspecified atom stereocenters. The van der Waals surface area contributed by atoms with Crippen molar-refractivity contribution in [2.45, 2.75) is 18.1 Å². The van der Waals surface area contributed by atoms with Crippen LogP contribution in [0.1, 0.15) is 12.8 Å². The Balaban J connectivity index is 1.61. The fraction of sp³-hybridized carbons (Fsp3) is 0.375. The van der Waals surface area contributed by atoms with E-state index in [2.05, 4.69) is 15.6 Å². The maximum absolute atomic E-state index is 12.1. The van der Waals surface area contributed by atoms with Crippen LogP contribution < -0.4 is 10.6 Å². The van der Waals surface area contributed by atoms with E-state index in [4.69, 9.17) is 0 Å². The second-order valence-corrected chi connectivity index (χ2v) is 6.48. The average Bonchev–Trinajstić information content (AvgIpc) is 2.54. The zero-order valence-corrected chi connectivity index (χ0v) is 12.7. The minimum Gasteiger partial charge on any atom is -0.323 e. The van der Waals surface area contributed by atoms with Crippen molar-refractivity contribution in [2.75, 3.05) is 24.2 Å². The third-order valence-corrected chi connectivity index (χ3v) is 5.01. The molecule has 3 rings (SSSR count). The molecule has 1 aromatic carbocycles. The number of carbonyl (C=O) groups is 1. The lowest BCUT2D eigenvalue weighted by Gasteiger charge is -2.21. The Morgan fingerprint density at radius 3 is 2.95 bits per heavy atom. The van der Waals surface area contributed by atoms with Crippen LogP contribution in [0.3, 0.4) is 0 Å². The van der Waals surface area contributed by atoms with Gasteiger partial charge in [-0.05, 0) is 38.1 Å². The highest BCUT2D eigenvalue weighted by Gasteiger charge is 2.15. The molecule has 1 aliphatic heterocycles. The SMILES string of the molecule is O=C(CSC1CCNCC1)Nc1cccc2cccnc12. The van der Waals surface area contributed by atoms with Gasteiger partial charge in [0.2, 0.25) is 5.91 Å². The van der Waals surface area contributed by atoms with Crippen LogP contribution in [0, 0.1) is 0 Å². The van der Waals surface area contributed by atoms with Crippen LogP contribution >= 0.6 is 11.8 Å². The number of para-hydroxylation sites is 1. The molecule has 21 heavy (non-hydrogen) atoms. The molecule has 1 aliphatic rings. The van der Waals surface area contributed by atoms with Gasteiger partial charge in [0.05, 0.1) is 17.0 Å². The lowest BCUT2D eigenvalue weighted by molar-refractivity contribution is -0.113. The summed E-state index contributed by atoms with van der Waals surface area (Å²) >= 11 is 1.76. The maximum Gasteiger partial charge on any atom is 0.234 e. The van der Waals surface area contributed by atoms with Gasteiger partial charge in [-0.25, -0.2) is 0 Å². The highest BCUT2D eigenvalue weighted by atomic mass is 32.2. The first-order valence-electron chi connectivity index (χ1n) is 7.29. The van der Waals surface area contributed by atoms with Gasteiger partial charge in [0, 0.05) is 16.8 Å². The van der Waals surface area contributed by atoms with Crippen molar-refractivity contribution in [3.05, 3.63) is 36.5 Å². The van der Waals surface area contributed by atoms with Gasteiger partial charge in [-0.3, -0.25) is 9.78 Å². The summed E-state index contributed by atoms with van der Waals surface area (Å²) < 4.78 is 0. The van der Waals surface area contributed by atoms with Crippen molar-refractivity contribution < 1.29 is 4.79 Å². The molecule has 0 saturated carbocycles. The topological polar surface area (TPSA) is 54.0 Å². The molecule has 0 spiro atoms. The van der Waals surface area contributed by atoms with Crippen molar-refractivity contribution in [1.82, 2.24) is 10.3 Å². The molecule has 1 fully saturated rings. The van der Waals surface area contributed by atoms with Crippen molar-refractivity contribution in [1.29, 1.82) is 0 Å². The first-order chi connectivity index (χ1) is 10.3. The van der Waals surface area contributed by atoms with Crippen molar-refractivity contribution in [2.24, 2.45) is 0 Å². The predicted molar refractivity (Wildman–Crippen MR) is 88.7 cm³/mol. The number of nitrogens with one attached hydrogen (secondary N) is 2. The summed E-state index contributed by atoms with van der Waals surface area (Å²) in [6.45, 7) is 2.12. The number of nitrogens with zero attached hydrogens (tertiary/aromatic N) is 1. The summed E-state index contributed by atoms with van der Waals surface area (Å²) in [5.74, 6) is 0.560. The second kappa shape index (κ2) is 6.91. The molecule has 2 heterocycles. The third-order valence-electron chi connectivity index (χ3n) is 3.64. The van der Waals surface area contributed by atoms with E-state index in [1.54, 1.807) is 18.0 Å². The predicted octanol–water partition coefficient (Wildman–Crippen LogP) is 2.66. The molecule has 1 amide bonds. The number of hydrogen-bond acceptors (Lipinski definition) is 4. The first-order valence-corrected chi connectivity index (χ1v) is 8.34. The van der Waals surface area contributed by atoms with Crippen molar-refractivity contribution in [3.8, 4) is 0 Å². The Morgan fingerprint density at radius 1 is 1.29 bits per heavy atom. The minimum absolute atomic E-state index is 0.0525. The smallest absolute Gasteiger partial charge is 0.234 e. The number of fused-ring (bicyclic) bond motifs is 1. The Labute approximate surface area is 128 Å². The molecular weight excluding hydrogens is 282 g/mol. The van der Waals surface area contributed by atoms with Crippen LogP contribution in [0.2, 0.25) is 0 Å². The van der Waals surface area contributed by atoms with Crippen LogP contribution in [0.25, 0.3) is 10.9 Å². The third kappa shape index (κ3) is 3.74. The van der Waals surface area contributed by atoms with Gasteiger partial charge < -0.3 is 10.6 Å². The number of aromatic nitrogens is 1. The molecule has 110 valence electrons. The van der Waals surface area contributed by atoms with Gasteiger partial charge in [-0.1, -0.05) is 18.2 Å². The summed E-state index contributed by atoms with van der Waals surface area (Å²) in [5.41, 5.74) is 1.64. The van der Waals surface area contributed by atoms with Crippen molar-refractivity contribution in [3.63, 3.8) is 0 Å². The van der Waals surface area contributed by atoms with Crippen LogP contribution in [-0.4, -0.2) is 35.0 Å². The normalized spacial score (nSPS) is 16.0. The second-order valence-electron chi connectivity index (χ2n) is 5.19. The van der Waals surface area contributed by atoms with E-state index in [-0.39, 0.29) is 5.91 Å². The van der Waals surface area contributed by atoms with Gasteiger partial charge in [-0.2, -0.15) is 0 Å². The Hall–Kier alpha value is -1.59. The van der Waals surface area contributed by atoms with Gasteiger partial charge in [0.25, 0.3) is 0 Å². The molecule has 2 aromatic rings. The molecule has 1 saturated heterocycles. The lowest BCUT2D eigenvalue weighted by Crippen LogP contribution is -2.30. The summed E-state index contributed by atoms with van der Waals surface area (Å²) in [6.07, 6.45) is 4.04. The number of rotatable bonds is 4. The maximum atomic E-state index is 12.1. The molecule has 5 heteroatoms. The Bertz CT molecular complexity index is 620. The average molecular weight is 301 g/mol. The summed E-state index contributed by atoms with van der Waals surface area (Å²) in [4.78, 5) is 16.5. The molecule has 0 atom stereocenters. The number of anilines is 1. The highest BCUT2D eigenvalue weighted by molar-refractivity contribution is 8.00. The largest absolute Gasteiger partial charge is 0.323 e. The van der Waals surface area contributed by atoms with Gasteiger partial charge in [0.15, 0.2) is 0 Å². The number of pyridine rings is 1. The molecule has 0 radical (unpaired) electrons. The minimum atomic E-state index is 0.0525. The number of benzene rings is 1. The molecular formula is C16H19N3OS. The number of amides is 1. The van der Waals surface area contributed by atoms with Gasteiger partial charge in [0.1, 0.15) is 0 Å². The fourth-order valence-corrected chi connectivity index (χ4v) is 3.58. The molecule has 0 aliphatic carbocycles. The summed E-state index contributed by atoms with van der Waals surface area (Å²) in [5, 5.41) is 7.97. The summed E-state index contributed by atoms with van der Waals surface area (Å²) in [6, 6.07) is 9.76. The van der Waals surface area contributed by atoms with E-state index in [9.17, 15) is 4.79 Å². The zero-order chi connectivity index (χ0) is 14.5.